The topological polar surface area (TPSA) is 52.6 Å². The highest BCUT2D eigenvalue weighted by Crippen LogP contribution is 2.33. The van der Waals surface area contributed by atoms with Gasteiger partial charge in [-0.25, -0.2) is 4.98 Å². The van der Waals surface area contributed by atoms with E-state index in [0.717, 1.165) is 34.0 Å². The van der Waals surface area contributed by atoms with Gasteiger partial charge in [-0.3, -0.25) is 0 Å². The van der Waals surface area contributed by atoms with Gasteiger partial charge in [-0.2, -0.15) is 0 Å². The summed E-state index contributed by atoms with van der Waals surface area (Å²) in [7, 11) is 1.66. The van der Waals surface area contributed by atoms with Crippen LogP contribution < -0.4 is 19.5 Å². The first-order valence-corrected chi connectivity index (χ1v) is 9.20. The Morgan fingerprint density at radius 1 is 1.12 bits per heavy atom. The maximum Gasteiger partial charge on any atom is 0.279 e. The van der Waals surface area contributed by atoms with Gasteiger partial charge in [0.05, 0.1) is 17.3 Å². The molecular weight excluding hydrogens is 336 g/mol. The molecule has 1 atom stereocenters. The first-order chi connectivity index (χ1) is 12.3. The standard InChI is InChI=1S/C19H20N2O3S/c1-22-16-8-9-17-18(11-16)25-19(21-17)24-15-6-4-14(5-7-15)23-12-13-3-2-10-20-13/h4-9,11,13,20H,2-3,10,12H2,1H3/t13-/m1/s1. The number of fused-ring (bicyclic) bond motifs is 1. The molecule has 1 aromatic heterocycles. The quantitative estimate of drug-likeness (QED) is 0.716. The van der Waals surface area contributed by atoms with Crippen molar-refractivity contribution in [2.24, 2.45) is 0 Å². The average molecular weight is 356 g/mol. The first kappa shape index (κ1) is 16.2. The van der Waals surface area contributed by atoms with Gasteiger partial charge < -0.3 is 19.5 Å². The van der Waals surface area contributed by atoms with Crippen molar-refractivity contribution in [2.45, 2.75) is 18.9 Å². The fraction of sp³-hybridized carbons (Fsp3) is 0.316. The van der Waals surface area contributed by atoms with Gasteiger partial charge in [-0.1, -0.05) is 11.3 Å². The lowest BCUT2D eigenvalue weighted by Gasteiger charge is -2.12. The second-order valence-electron chi connectivity index (χ2n) is 5.99. The smallest absolute Gasteiger partial charge is 0.279 e. The van der Waals surface area contributed by atoms with E-state index in [1.165, 1.54) is 24.2 Å². The molecule has 1 N–H and O–H groups in total. The van der Waals surface area contributed by atoms with Crippen molar-refractivity contribution >= 4 is 21.6 Å². The number of hydrogen-bond acceptors (Lipinski definition) is 6. The van der Waals surface area contributed by atoms with Crippen LogP contribution in [-0.2, 0) is 0 Å². The summed E-state index contributed by atoms with van der Waals surface area (Å²) in [5.74, 6) is 2.42. The lowest BCUT2D eigenvalue weighted by Crippen LogP contribution is -2.28. The van der Waals surface area contributed by atoms with Crippen molar-refractivity contribution in [3.05, 3.63) is 42.5 Å². The third kappa shape index (κ3) is 3.86. The summed E-state index contributed by atoms with van der Waals surface area (Å²) < 4.78 is 18.0. The van der Waals surface area contributed by atoms with Crippen LogP contribution in [0.25, 0.3) is 10.2 Å². The highest BCUT2D eigenvalue weighted by atomic mass is 32.1. The zero-order valence-corrected chi connectivity index (χ0v) is 14.8. The number of rotatable bonds is 6. The fourth-order valence-corrected chi connectivity index (χ4v) is 3.72. The summed E-state index contributed by atoms with van der Waals surface area (Å²) in [6, 6.07) is 13.9. The molecule has 6 heteroatoms. The molecule has 130 valence electrons. The predicted octanol–water partition coefficient (Wildman–Crippen LogP) is 4.23. The minimum atomic E-state index is 0.468. The summed E-state index contributed by atoms with van der Waals surface area (Å²) in [6.45, 7) is 1.80. The Labute approximate surface area is 150 Å². The minimum absolute atomic E-state index is 0.468. The normalized spacial score (nSPS) is 16.9. The molecule has 0 amide bonds. The number of aromatic nitrogens is 1. The monoisotopic (exact) mass is 356 g/mol. The third-order valence-corrected chi connectivity index (χ3v) is 5.11. The van der Waals surface area contributed by atoms with E-state index in [2.05, 4.69) is 10.3 Å². The molecule has 25 heavy (non-hydrogen) atoms. The van der Waals surface area contributed by atoms with Crippen LogP contribution >= 0.6 is 11.3 Å². The molecule has 0 bridgehead atoms. The van der Waals surface area contributed by atoms with Gasteiger partial charge in [0.2, 0.25) is 0 Å². The molecule has 5 nitrogen and oxygen atoms in total. The third-order valence-electron chi connectivity index (χ3n) is 4.22. The molecule has 1 aliphatic rings. The number of ether oxygens (including phenoxy) is 3. The molecule has 1 fully saturated rings. The first-order valence-electron chi connectivity index (χ1n) is 8.39. The Morgan fingerprint density at radius 2 is 1.92 bits per heavy atom. The number of benzene rings is 2. The summed E-state index contributed by atoms with van der Waals surface area (Å²) in [5.41, 5.74) is 0.907. The highest BCUT2D eigenvalue weighted by molar-refractivity contribution is 7.20. The minimum Gasteiger partial charge on any atom is -0.497 e. The van der Waals surface area contributed by atoms with Gasteiger partial charge in [0.1, 0.15) is 23.9 Å². The number of nitrogens with zero attached hydrogens (tertiary/aromatic N) is 1. The van der Waals surface area contributed by atoms with Crippen molar-refractivity contribution in [3.8, 4) is 22.4 Å². The fourth-order valence-electron chi connectivity index (χ4n) is 2.85. The van der Waals surface area contributed by atoms with Crippen LogP contribution in [0.5, 0.6) is 22.4 Å². The average Bonchev–Trinajstić information content (AvgIpc) is 3.29. The number of methoxy groups -OCH3 is 1. The second-order valence-corrected chi connectivity index (χ2v) is 6.98. The van der Waals surface area contributed by atoms with E-state index in [1.807, 2.05) is 42.5 Å². The van der Waals surface area contributed by atoms with Gasteiger partial charge in [-0.15, -0.1) is 0 Å². The lowest BCUT2D eigenvalue weighted by molar-refractivity contribution is 0.277. The van der Waals surface area contributed by atoms with Crippen LogP contribution in [0.15, 0.2) is 42.5 Å². The second kappa shape index (κ2) is 7.29. The number of thiazole rings is 1. The van der Waals surface area contributed by atoms with Crippen LogP contribution in [-0.4, -0.2) is 31.3 Å². The van der Waals surface area contributed by atoms with Gasteiger partial charge in [0, 0.05) is 6.04 Å². The summed E-state index contributed by atoms with van der Waals surface area (Å²) in [5, 5.41) is 4.04. The van der Waals surface area contributed by atoms with E-state index in [0.29, 0.717) is 17.8 Å². The van der Waals surface area contributed by atoms with E-state index >= 15 is 0 Å². The van der Waals surface area contributed by atoms with Crippen molar-refractivity contribution < 1.29 is 14.2 Å². The Kier molecular flexibility index (Phi) is 4.72. The molecule has 1 saturated heterocycles. The van der Waals surface area contributed by atoms with Crippen LogP contribution in [0, 0.1) is 0 Å². The molecule has 2 heterocycles. The van der Waals surface area contributed by atoms with Crippen molar-refractivity contribution in [3.63, 3.8) is 0 Å². The summed E-state index contributed by atoms with van der Waals surface area (Å²) in [4.78, 5) is 4.50. The van der Waals surface area contributed by atoms with E-state index in [4.69, 9.17) is 14.2 Å². The molecule has 0 saturated carbocycles. The molecule has 0 aliphatic carbocycles. The summed E-state index contributed by atoms with van der Waals surface area (Å²) in [6.07, 6.45) is 2.42. The predicted molar refractivity (Wildman–Crippen MR) is 99.2 cm³/mol. The van der Waals surface area contributed by atoms with Gasteiger partial charge in [-0.05, 0) is 61.9 Å². The molecular formula is C19H20N2O3S. The van der Waals surface area contributed by atoms with Crippen LogP contribution in [0.2, 0.25) is 0 Å². The molecule has 2 aromatic carbocycles. The van der Waals surface area contributed by atoms with E-state index < -0.39 is 0 Å². The Balaban J connectivity index is 1.40. The Bertz CT molecular complexity index is 842. The highest BCUT2D eigenvalue weighted by Gasteiger charge is 2.14. The molecule has 1 aliphatic heterocycles. The molecule has 0 spiro atoms. The molecule has 4 rings (SSSR count). The van der Waals surface area contributed by atoms with E-state index in [9.17, 15) is 0 Å². The number of nitrogens with one attached hydrogen (secondary N) is 1. The Morgan fingerprint density at radius 3 is 2.68 bits per heavy atom. The SMILES string of the molecule is COc1ccc2nc(Oc3ccc(OC[C@H]4CCCN4)cc3)sc2c1. The van der Waals surface area contributed by atoms with Crippen LogP contribution in [0.3, 0.4) is 0 Å². The van der Waals surface area contributed by atoms with Crippen molar-refractivity contribution in [1.29, 1.82) is 0 Å². The molecule has 3 aromatic rings. The van der Waals surface area contributed by atoms with Gasteiger partial charge >= 0.3 is 0 Å². The maximum atomic E-state index is 5.87. The van der Waals surface area contributed by atoms with Crippen LogP contribution in [0.4, 0.5) is 0 Å². The van der Waals surface area contributed by atoms with E-state index in [-0.39, 0.29) is 0 Å². The van der Waals surface area contributed by atoms with Crippen LogP contribution in [0.1, 0.15) is 12.8 Å². The number of hydrogen-bond donors (Lipinski definition) is 1. The lowest BCUT2D eigenvalue weighted by atomic mass is 10.2. The van der Waals surface area contributed by atoms with Crippen molar-refractivity contribution in [2.75, 3.05) is 20.3 Å². The molecule has 0 unspecified atom stereocenters. The maximum absolute atomic E-state index is 5.87. The summed E-state index contributed by atoms with van der Waals surface area (Å²) >= 11 is 1.50. The Hall–Kier alpha value is -2.31. The van der Waals surface area contributed by atoms with E-state index in [1.54, 1.807) is 7.11 Å². The molecule has 0 radical (unpaired) electrons. The van der Waals surface area contributed by atoms with Gasteiger partial charge in [0.25, 0.3) is 5.19 Å². The largest absolute Gasteiger partial charge is 0.497 e. The van der Waals surface area contributed by atoms with Gasteiger partial charge in [0.15, 0.2) is 0 Å². The van der Waals surface area contributed by atoms with Crippen molar-refractivity contribution in [1.82, 2.24) is 10.3 Å². The zero-order valence-electron chi connectivity index (χ0n) is 14.0. The zero-order chi connectivity index (χ0) is 17.1.